The van der Waals surface area contributed by atoms with Crippen molar-refractivity contribution in [3.63, 3.8) is 0 Å². The van der Waals surface area contributed by atoms with Crippen LogP contribution in [-0.4, -0.2) is 31.3 Å². The van der Waals surface area contributed by atoms with Crippen LogP contribution in [0, 0.1) is 0 Å². The Bertz CT molecular complexity index is 1830. The van der Waals surface area contributed by atoms with Gasteiger partial charge in [-0.2, -0.15) is 0 Å². The van der Waals surface area contributed by atoms with Crippen molar-refractivity contribution < 1.29 is 14.6 Å². The first-order valence-electron chi connectivity index (χ1n) is 15.6. The number of aromatic nitrogens is 3. The smallest absolute Gasteiger partial charge is 0.408 e. The lowest BCUT2D eigenvalue weighted by atomic mass is 9.71. The number of carbonyl (C=O) groups is 1. The Kier molecular flexibility index (Phi) is 7.83. The largest absolute Gasteiger partial charge is 0.508 e. The van der Waals surface area contributed by atoms with E-state index in [9.17, 15) is 9.90 Å². The summed E-state index contributed by atoms with van der Waals surface area (Å²) in [5.74, 6) is 1.72. The Hall–Kier alpha value is -5.11. The van der Waals surface area contributed by atoms with E-state index in [1.807, 2.05) is 77.1 Å². The maximum absolute atomic E-state index is 12.8. The van der Waals surface area contributed by atoms with Crippen molar-refractivity contribution in [1.29, 1.82) is 0 Å². The van der Waals surface area contributed by atoms with Gasteiger partial charge >= 0.3 is 6.09 Å². The molecule has 3 aromatic carbocycles. The lowest BCUT2D eigenvalue weighted by Crippen LogP contribution is -2.52. The highest BCUT2D eigenvalue weighted by atomic mass is 16.6. The van der Waals surface area contributed by atoms with Crippen LogP contribution in [0.1, 0.15) is 59.4 Å². The van der Waals surface area contributed by atoms with Crippen molar-refractivity contribution in [3.8, 4) is 45.3 Å². The molecular formula is C37H39N5O3. The van der Waals surface area contributed by atoms with Crippen LogP contribution >= 0.6 is 0 Å². The van der Waals surface area contributed by atoms with E-state index in [2.05, 4.69) is 50.5 Å². The highest BCUT2D eigenvalue weighted by Gasteiger charge is 2.41. The predicted octanol–water partition coefficient (Wildman–Crippen LogP) is 8.96. The summed E-state index contributed by atoms with van der Waals surface area (Å²) in [5, 5.41) is 16.7. The van der Waals surface area contributed by atoms with Crippen molar-refractivity contribution in [3.05, 3.63) is 96.7 Å². The van der Waals surface area contributed by atoms with Crippen molar-refractivity contribution in [2.75, 3.05) is 5.32 Å². The fourth-order valence-electron chi connectivity index (χ4n) is 5.97. The summed E-state index contributed by atoms with van der Waals surface area (Å²) < 4.78 is 7.75. The highest BCUT2D eigenvalue weighted by molar-refractivity contribution is 5.91. The molecule has 45 heavy (non-hydrogen) atoms. The molecule has 0 unspecified atom stereocenters. The van der Waals surface area contributed by atoms with Crippen LogP contribution in [-0.2, 0) is 10.3 Å². The Labute approximate surface area is 264 Å². The minimum atomic E-state index is -0.568. The van der Waals surface area contributed by atoms with Gasteiger partial charge in [0.25, 0.3) is 0 Å². The average molecular weight is 602 g/mol. The topological polar surface area (TPSA) is 101 Å². The van der Waals surface area contributed by atoms with E-state index in [1.54, 1.807) is 18.3 Å². The third-order valence-electron chi connectivity index (χ3n) is 8.12. The standard InChI is InChI=1S/C35H33N5O3.C2H6/c1-34(2,3)43-33(42)39-35(19-7-20-35)24-15-11-23(12-16-24)30-29(22-13-17-25(41)18-14-22)38-32-26-8-4-5-9-27(26)37-31-28(40(30)32)10-6-21-36-31;1-2/h4-6,8-18,21,41H,7,19-20H2,1-3H3,(H,36,37)(H,39,42);1-2H3. The first kappa shape index (κ1) is 29.9. The zero-order valence-corrected chi connectivity index (χ0v) is 26.4. The molecule has 1 amide bonds. The minimum absolute atomic E-state index is 0.197. The normalized spacial score (nSPS) is 14.2. The van der Waals surface area contributed by atoms with Crippen molar-refractivity contribution in [1.82, 2.24) is 19.9 Å². The number of fused-ring (bicyclic) bond motifs is 5. The van der Waals surface area contributed by atoms with Gasteiger partial charge < -0.3 is 20.5 Å². The summed E-state index contributed by atoms with van der Waals surface area (Å²) in [4.78, 5) is 22.7. The molecule has 1 fully saturated rings. The average Bonchev–Trinajstić information content (AvgIpc) is 3.34. The summed E-state index contributed by atoms with van der Waals surface area (Å²) in [5.41, 5.74) is 6.33. The monoisotopic (exact) mass is 601 g/mol. The summed E-state index contributed by atoms with van der Waals surface area (Å²) in [6.45, 7) is 9.61. The molecule has 0 radical (unpaired) electrons. The Morgan fingerprint density at radius 3 is 2.29 bits per heavy atom. The summed E-state index contributed by atoms with van der Waals surface area (Å²) in [7, 11) is 0. The second kappa shape index (κ2) is 11.8. The van der Waals surface area contributed by atoms with Crippen LogP contribution in [0.25, 0.3) is 39.6 Å². The molecule has 0 bridgehead atoms. The number of imidazole rings is 1. The number of carbonyl (C=O) groups excluding carboxylic acids is 1. The Morgan fingerprint density at radius 2 is 1.62 bits per heavy atom. The molecule has 0 saturated heterocycles. The molecule has 1 saturated carbocycles. The molecule has 230 valence electrons. The maximum atomic E-state index is 12.8. The van der Waals surface area contributed by atoms with E-state index in [0.29, 0.717) is 0 Å². The highest BCUT2D eigenvalue weighted by Crippen LogP contribution is 2.46. The van der Waals surface area contributed by atoms with Gasteiger partial charge in [0.2, 0.25) is 0 Å². The molecule has 1 aliphatic carbocycles. The molecule has 8 heteroatoms. The van der Waals surface area contributed by atoms with Crippen molar-refractivity contribution in [2.45, 2.75) is 65.0 Å². The van der Waals surface area contributed by atoms with Gasteiger partial charge in [0.05, 0.1) is 28.3 Å². The van der Waals surface area contributed by atoms with E-state index >= 15 is 0 Å². The van der Waals surface area contributed by atoms with Crippen LogP contribution in [0.3, 0.4) is 0 Å². The number of anilines is 2. The van der Waals surface area contributed by atoms with Crippen LogP contribution in [0.15, 0.2) is 91.1 Å². The third-order valence-corrected chi connectivity index (χ3v) is 8.12. The molecule has 3 heterocycles. The molecule has 0 atom stereocenters. The van der Waals surface area contributed by atoms with Gasteiger partial charge in [-0.1, -0.05) is 50.2 Å². The first-order valence-corrected chi connectivity index (χ1v) is 15.6. The third kappa shape index (κ3) is 5.64. The Balaban J connectivity index is 0.00000175. The molecule has 5 aromatic rings. The number of alkyl carbamates (subject to hydrolysis) is 1. The van der Waals surface area contributed by atoms with E-state index in [0.717, 1.165) is 75.9 Å². The maximum Gasteiger partial charge on any atom is 0.408 e. The van der Waals surface area contributed by atoms with Gasteiger partial charge in [0.1, 0.15) is 17.2 Å². The number of benzene rings is 3. The zero-order valence-electron chi connectivity index (χ0n) is 26.4. The number of phenols is 1. The van der Waals surface area contributed by atoms with E-state index in [1.165, 1.54) is 0 Å². The minimum Gasteiger partial charge on any atom is -0.508 e. The van der Waals surface area contributed by atoms with E-state index < -0.39 is 17.2 Å². The lowest BCUT2D eigenvalue weighted by molar-refractivity contribution is 0.0377. The second-order valence-electron chi connectivity index (χ2n) is 12.2. The number of pyridine rings is 1. The van der Waals surface area contributed by atoms with Gasteiger partial charge in [0, 0.05) is 22.9 Å². The van der Waals surface area contributed by atoms with Crippen LogP contribution < -0.4 is 10.6 Å². The van der Waals surface area contributed by atoms with Crippen molar-refractivity contribution >= 4 is 17.6 Å². The number of amides is 1. The number of para-hydroxylation sites is 1. The van der Waals surface area contributed by atoms with Gasteiger partial charge in [-0.05, 0) is 94.1 Å². The number of aromatic hydroxyl groups is 1. The number of nitrogens with zero attached hydrogens (tertiary/aromatic N) is 3. The second-order valence-corrected chi connectivity index (χ2v) is 12.2. The summed E-state index contributed by atoms with van der Waals surface area (Å²) in [6.07, 6.45) is 4.13. The molecule has 8 nitrogen and oxygen atoms in total. The van der Waals surface area contributed by atoms with Crippen LogP contribution in [0.2, 0.25) is 0 Å². The molecule has 3 N–H and O–H groups in total. The van der Waals surface area contributed by atoms with Crippen LogP contribution in [0.4, 0.5) is 16.3 Å². The lowest BCUT2D eigenvalue weighted by Gasteiger charge is -2.43. The molecule has 1 aliphatic heterocycles. The number of rotatable bonds is 4. The number of ether oxygens (including phenoxy) is 1. The SMILES string of the molecule is CC.CC(C)(C)OC(=O)NC1(c2ccc(-c3c(-c4ccc(O)cc4)nc4n3-c3cccnc3Nc3ccccc3-4)cc2)CCC1. The number of hydrogen-bond acceptors (Lipinski definition) is 6. The predicted molar refractivity (Wildman–Crippen MR) is 179 cm³/mol. The fourth-order valence-corrected chi connectivity index (χ4v) is 5.97. The number of hydrogen-bond donors (Lipinski definition) is 3. The quantitative estimate of drug-likeness (QED) is 0.186. The Morgan fingerprint density at radius 1 is 0.933 bits per heavy atom. The number of nitrogens with one attached hydrogen (secondary N) is 2. The molecule has 7 rings (SSSR count). The van der Waals surface area contributed by atoms with Gasteiger partial charge in [-0.25, -0.2) is 14.8 Å². The fraction of sp³-hybridized carbons (Fsp3) is 0.270. The van der Waals surface area contributed by atoms with Crippen LogP contribution in [0.5, 0.6) is 5.75 Å². The van der Waals surface area contributed by atoms with Gasteiger partial charge in [-0.15, -0.1) is 0 Å². The van der Waals surface area contributed by atoms with E-state index in [-0.39, 0.29) is 5.75 Å². The summed E-state index contributed by atoms with van der Waals surface area (Å²) >= 11 is 0. The first-order chi connectivity index (χ1) is 21.7. The summed E-state index contributed by atoms with van der Waals surface area (Å²) in [6, 6.07) is 27.6. The van der Waals surface area contributed by atoms with E-state index in [4.69, 9.17) is 9.72 Å². The van der Waals surface area contributed by atoms with Crippen molar-refractivity contribution in [2.24, 2.45) is 0 Å². The van der Waals surface area contributed by atoms with Gasteiger partial charge in [-0.3, -0.25) is 4.57 Å². The zero-order chi connectivity index (χ0) is 31.8. The van der Waals surface area contributed by atoms with Gasteiger partial charge in [0.15, 0.2) is 5.82 Å². The molecule has 2 aromatic heterocycles. The molecule has 2 aliphatic rings. The molecule has 0 spiro atoms. The number of phenolic OH excluding ortho intramolecular Hbond substituents is 1. The molecular weight excluding hydrogens is 562 g/mol.